The number of aryl methyl sites for hydroxylation is 1. The summed E-state index contributed by atoms with van der Waals surface area (Å²) in [7, 11) is 0. The van der Waals surface area contributed by atoms with Crippen LogP contribution < -0.4 is 11.1 Å². The van der Waals surface area contributed by atoms with Crippen LogP contribution in [0.3, 0.4) is 0 Å². The first-order chi connectivity index (χ1) is 8.85. The molecule has 0 radical (unpaired) electrons. The molecule has 1 aliphatic carbocycles. The van der Waals surface area contributed by atoms with Crippen LogP contribution in [0.2, 0.25) is 0 Å². The van der Waals surface area contributed by atoms with Gasteiger partial charge >= 0.3 is 0 Å². The summed E-state index contributed by atoms with van der Waals surface area (Å²) in [6.07, 6.45) is 4.52. The highest BCUT2D eigenvalue weighted by Gasteiger charge is 2.28. The van der Waals surface area contributed by atoms with Gasteiger partial charge in [0.15, 0.2) is 0 Å². The van der Waals surface area contributed by atoms with Crippen molar-refractivity contribution in [3.8, 4) is 0 Å². The van der Waals surface area contributed by atoms with Gasteiger partial charge < -0.3 is 11.1 Å². The van der Waals surface area contributed by atoms with Crippen LogP contribution in [0, 0.1) is 12.3 Å². The van der Waals surface area contributed by atoms with Gasteiger partial charge in [-0.1, -0.05) is 20.3 Å². The monoisotopic (exact) mass is 261 g/mol. The maximum absolute atomic E-state index is 12.2. The number of anilines is 1. The maximum atomic E-state index is 12.2. The summed E-state index contributed by atoms with van der Waals surface area (Å²) in [5.74, 6) is 0.356. The van der Waals surface area contributed by atoms with E-state index in [1.54, 1.807) is 12.1 Å². The molecule has 0 aromatic carbocycles. The molecule has 1 aromatic rings. The number of carbonyl (C=O) groups excluding carboxylic acids is 1. The second-order valence-corrected chi connectivity index (χ2v) is 6.35. The van der Waals surface area contributed by atoms with E-state index in [0.717, 1.165) is 18.5 Å². The van der Waals surface area contributed by atoms with Gasteiger partial charge in [-0.05, 0) is 43.7 Å². The number of aromatic nitrogens is 1. The molecule has 1 saturated carbocycles. The zero-order valence-electron chi connectivity index (χ0n) is 12.0. The van der Waals surface area contributed by atoms with Crippen LogP contribution in [-0.2, 0) is 0 Å². The van der Waals surface area contributed by atoms with Crippen LogP contribution >= 0.6 is 0 Å². The minimum Gasteiger partial charge on any atom is -0.384 e. The normalized spacial score (nSPS) is 21.9. The Morgan fingerprint density at radius 2 is 2.21 bits per heavy atom. The molecule has 1 aliphatic rings. The van der Waals surface area contributed by atoms with Gasteiger partial charge in [-0.15, -0.1) is 0 Å². The van der Waals surface area contributed by atoms with Gasteiger partial charge in [0.05, 0.1) is 0 Å². The first kappa shape index (κ1) is 13.8. The minimum atomic E-state index is -0.0418. The number of carbonyl (C=O) groups is 1. The average molecular weight is 261 g/mol. The molecule has 4 heteroatoms. The molecule has 0 spiro atoms. The van der Waals surface area contributed by atoms with Gasteiger partial charge in [0, 0.05) is 17.3 Å². The number of hydrogen-bond acceptors (Lipinski definition) is 3. The SMILES string of the molecule is Cc1cc(C(=O)NC2CCCC(C)(C)C2)cc(N)n1. The molecule has 0 aliphatic heterocycles. The molecule has 0 saturated heterocycles. The maximum Gasteiger partial charge on any atom is 0.251 e. The van der Waals surface area contributed by atoms with Gasteiger partial charge in [-0.2, -0.15) is 0 Å². The predicted molar refractivity (Wildman–Crippen MR) is 76.9 cm³/mol. The number of hydrogen-bond donors (Lipinski definition) is 2. The largest absolute Gasteiger partial charge is 0.384 e. The van der Waals surface area contributed by atoms with Gasteiger partial charge in [0.25, 0.3) is 5.91 Å². The van der Waals surface area contributed by atoms with Crippen LogP contribution in [-0.4, -0.2) is 16.9 Å². The minimum absolute atomic E-state index is 0.0418. The van der Waals surface area contributed by atoms with Crippen molar-refractivity contribution in [2.75, 3.05) is 5.73 Å². The Bertz CT molecular complexity index is 462. The topological polar surface area (TPSA) is 68.0 Å². The number of pyridine rings is 1. The average Bonchev–Trinajstić information content (AvgIpc) is 2.26. The van der Waals surface area contributed by atoms with Gasteiger partial charge in [0.1, 0.15) is 5.82 Å². The highest BCUT2D eigenvalue weighted by atomic mass is 16.1. The number of amides is 1. The van der Waals surface area contributed by atoms with Crippen LogP contribution in [0.1, 0.15) is 55.6 Å². The quantitative estimate of drug-likeness (QED) is 0.860. The molecule has 2 rings (SSSR count). The van der Waals surface area contributed by atoms with Crippen molar-refractivity contribution in [1.82, 2.24) is 10.3 Å². The third kappa shape index (κ3) is 3.69. The number of nitrogens with zero attached hydrogens (tertiary/aromatic N) is 1. The molecule has 1 heterocycles. The van der Waals surface area contributed by atoms with E-state index in [1.807, 2.05) is 6.92 Å². The molecular weight excluding hydrogens is 238 g/mol. The molecule has 0 bridgehead atoms. The fraction of sp³-hybridized carbons (Fsp3) is 0.600. The van der Waals surface area contributed by atoms with Crippen molar-refractivity contribution in [3.63, 3.8) is 0 Å². The highest BCUT2D eigenvalue weighted by Crippen LogP contribution is 2.35. The summed E-state index contributed by atoms with van der Waals surface area (Å²) >= 11 is 0. The molecule has 1 unspecified atom stereocenters. The molecular formula is C15H23N3O. The number of nitrogens with two attached hydrogens (primary N) is 1. The lowest BCUT2D eigenvalue weighted by atomic mass is 9.75. The Hall–Kier alpha value is -1.58. The Kier molecular flexibility index (Phi) is 3.78. The molecule has 104 valence electrons. The molecule has 3 N–H and O–H groups in total. The van der Waals surface area contributed by atoms with E-state index < -0.39 is 0 Å². The van der Waals surface area contributed by atoms with Crippen LogP contribution in [0.15, 0.2) is 12.1 Å². The first-order valence-corrected chi connectivity index (χ1v) is 6.91. The van der Waals surface area contributed by atoms with Crippen LogP contribution in [0.4, 0.5) is 5.82 Å². The lowest BCUT2D eigenvalue weighted by molar-refractivity contribution is 0.0902. The van der Waals surface area contributed by atoms with Crippen molar-refractivity contribution < 1.29 is 4.79 Å². The summed E-state index contributed by atoms with van der Waals surface area (Å²) in [5, 5.41) is 3.12. The van der Waals surface area contributed by atoms with Gasteiger partial charge in [-0.25, -0.2) is 4.98 Å². The van der Waals surface area contributed by atoms with E-state index in [1.165, 1.54) is 12.8 Å². The summed E-state index contributed by atoms with van der Waals surface area (Å²) < 4.78 is 0. The first-order valence-electron chi connectivity index (χ1n) is 6.91. The summed E-state index contributed by atoms with van der Waals surface area (Å²) in [5.41, 5.74) is 7.38. The summed E-state index contributed by atoms with van der Waals surface area (Å²) in [4.78, 5) is 16.3. The zero-order chi connectivity index (χ0) is 14.0. The molecule has 1 fully saturated rings. The van der Waals surface area contributed by atoms with Crippen molar-refractivity contribution >= 4 is 11.7 Å². The van der Waals surface area contributed by atoms with E-state index in [0.29, 0.717) is 16.8 Å². The smallest absolute Gasteiger partial charge is 0.251 e. The third-order valence-corrected chi connectivity index (χ3v) is 3.78. The van der Waals surface area contributed by atoms with Crippen molar-refractivity contribution in [2.24, 2.45) is 5.41 Å². The Labute approximate surface area is 114 Å². The zero-order valence-corrected chi connectivity index (χ0v) is 12.0. The van der Waals surface area contributed by atoms with Crippen LogP contribution in [0.25, 0.3) is 0 Å². The lowest BCUT2D eigenvalue weighted by Crippen LogP contribution is -2.40. The molecule has 1 aromatic heterocycles. The standard InChI is InChI=1S/C15H23N3O/c1-10-7-11(8-13(16)17-10)14(19)18-12-5-4-6-15(2,3)9-12/h7-8,12H,4-6,9H2,1-3H3,(H2,16,17)(H,18,19). The van der Waals surface area contributed by atoms with E-state index >= 15 is 0 Å². The summed E-state index contributed by atoms with van der Waals surface area (Å²) in [6.45, 7) is 6.37. The fourth-order valence-electron chi connectivity index (χ4n) is 2.92. The third-order valence-electron chi connectivity index (χ3n) is 3.78. The predicted octanol–water partition coefficient (Wildman–Crippen LogP) is 2.67. The Balaban J connectivity index is 2.04. The van der Waals surface area contributed by atoms with Gasteiger partial charge in [-0.3, -0.25) is 4.79 Å². The number of nitrogens with one attached hydrogen (secondary N) is 1. The number of nitrogen functional groups attached to an aromatic ring is 1. The van der Waals surface area contributed by atoms with Crippen molar-refractivity contribution in [3.05, 3.63) is 23.4 Å². The second kappa shape index (κ2) is 5.19. The summed E-state index contributed by atoms with van der Waals surface area (Å²) in [6, 6.07) is 3.68. The van der Waals surface area contributed by atoms with E-state index in [-0.39, 0.29) is 11.9 Å². The number of rotatable bonds is 2. The van der Waals surface area contributed by atoms with E-state index in [2.05, 4.69) is 24.1 Å². The fourth-order valence-corrected chi connectivity index (χ4v) is 2.92. The highest BCUT2D eigenvalue weighted by molar-refractivity contribution is 5.95. The Morgan fingerprint density at radius 1 is 1.47 bits per heavy atom. The Morgan fingerprint density at radius 3 is 2.84 bits per heavy atom. The molecule has 1 atom stereocenters. The van der Waals surface area contributed by atoms with Crippen LogP contribution in [0.5, 0.6) is 0 Å². The molecule has 19 heavy (non-hydrogen) atoms. The molecule has 4 nitrogen and oxygen atoms in total. The van der Waals surface area contributed by atoms with Crippen molar-refractivity contribution in [1.29, 1.82) is 0 Å². The van der Waals surface area contributed by atoms with Gasteiger partial charge in [0.2, 0.25) is 0 Å². The second-order valence-electron chi connectivity index (χ2n) is 6.35. The lowest BCUT2D eigenvalue weighted by Gasteiger charge is -2.35. The van der Waals surface area contributed by atoms with E-state index in [4.69, 9.17) is 5.73 Å². The van der Waals surface area contributed by atoms with Crippen molar-refractivity contribution in [2.45, 2.75) is 52.5 Å². The van der Waals surface area contributed by atoms with E-state index in [9.17, 15) is 4.79 Å². The molecule has 1 amide bonds.